The number of carbonyl (C=O) groups is 4. The van der Waals surface area contributed by atoms with Gasteiger partial charge in [-0.25, -0.2) is 0 Å². The van der Waals surface area contributed by atoms with Gasteiger partial charge >= 0.3 is 17.9 Å². The number of amides is 1. The third-order valence-corrected chi connectivity index (χ3v) is 9.16. The molecule has 11 nitrogen and oxygen atoms in total. The van der Waals surface area contributed by atoms with Gasteiger partial charge in [0.15, 0.2) is 0 Å². The smallest absolute Gasteiger partial charge is 0.311 e. The zero-order valence-electron chi connectivity index (χ0n) is 36.1. The number of carboxylic acid groups (broad SMARTS) is 1. The van der Waals surface area contributed by atoms with E-state index in [-0.39, 0.29) is 61.2 Å². The summed E-state index contributed by atoms with van der Waals surface area (Å²) in [6.07, 6.45) is -0.0853. The van der Waals surface area contributed by atoms with Gasteiger partial charge in [-0.3, -0.25) is 19.2 Å². The largest absolute Gasteiger partial charge is 0.481 e. The summed E-state index contributed by atoms with van der Waals surface area (Å²) >= 11 is 0. The van der Waals surface area contributed by atoms with Crippen molar-refractivity contribution in [3.8, 4) is 11.5 Å². The fraction of sp³-hybridized carbons (Fsp3) is 0.636. The molecule has 312 valence electrons. The highest BCUT2D eigenvalue weighted by Gasteiger charge is 2.20. The minimum Gasteiger partial charge on any atom is -0.481 e. The summed E-state index contributed by atoms with van der Waals surface area (Å²) < 4.78 is 11.1. The normalized spacial score (nSPS) is 11.0. The third kappa shape index (κ3) is 20.6. The lowest BCUT2D eigenvalue weighted by Gasteiger charge is -2.19. The van der Waals surface area contributed by atoms with E-state index in [4.69, 9.17) is 20.3 Å². The zero-order chi connectivity index (χ0) is 42.1. The Morgan fingerprint density at radius 2 is 0.945 bits per heavy atom. The molecule has 0 aliphatic heterocycles. The second-order valence-electron chi connectivity index (χ2n) is 14.7. The number of benzene rings is 2. The number of carbonyl (C=O) groups excluding carboxylic acids is 3. The highest BCUT2D eigenvalue weighted by atomic mass is 16.5. The van der Waals surface area contributed by atoms with Gasteiger partial charge in [0.1, 0.15) is 11.5 Å². The predicted octanol–water partition coefficient (Wildman–Crippen LogP) is 8.07. The number of carboxylic acids is 1. The third-order valence-electron chi connectivity index (χ3n) is 9.16. The molecule has 0 unspecified atom stereocenters. The zero-order valence-corrected chi connectivity index (χ0v) is 36.1. The molecule has 2 aromatic rings. The van der Waals surface area contributed by atoms with Crippen LogP contribution in [0.2, 0.25) is 0 Å². The van der Waals surface area contributed by atoms with Gasteiger partial charge in [0.25, 0.3) is 0 Å². The molecule has 0 atom stereocenters. The number of hydrogen-bond donors (Lipinski definition) is 3. The van der Waals surface area contributed by atoms with E-state index >= 15 is 0 Å². The Labute approximate surface area is 332 Å². The maximum Gasteiger partial charge on any atom is 0.311 e. The van der Waals surface area contributed by atoms with Crippen LogP contribution in [0.25, 0.3) is 0 Å². The molecule has 0 heterocycles. The molecule has 0 fully saturated rings. The lowest BCUT2D eigenvalue weighted by Crippen LogP contribution is -2.35. The summed E-state index contributed by atoms with van der Waals surface area (Å²) in [5.74, 6) is 0.272. The van der Waals surface area contributed by atoms with Crippen molar-refractivity contribution in [3.63, 3.8) is 0 Å². The van der Waals surface area contributed by atoms with Crippen LogP contribution in [0.5, 0.6) is 11.5 Å². The van der Waals surface area contributed by atoms with Crippen molar-refractivity contribution in [3.05, 3.63) is 58.7 Å². The van der Waals surface area contributed by atoms with E-state index in [9.17, 15) is 19.2 Å². The number of esters is 2. The lowest BCUT2D eigenvalue weighted by atomic mass is 9.94. The number of hydrogen-bond acceptors (Lipinski definition) is 9. The average Bonchev–Trinajstić information content (AvgIpc) is 3.14. The van der Waals surface area contributed by atoms with E-state index in [0.29, 0.717) is 18.0 Å². The van der Waals surface area contributed by atoms with E-state index in [2.05, 4.69) is 70.5 Å². The number of aliphatic carboxylic acids is 1. The number of para-hydroxylation sites is 2. The van der Waals surface area contributed by atoms with Crippen molar-refractivity contribution >= 4 is 23.8 Å². The number of ether oxygens (including phenoxy) is 2. The number of nitrogens with zero attached hydrogens (tertiary/aromatic N) is 2. The molecule has 55 heavy (non-hydrogen) atoms. The van der Waals surface area contributed by atoms with Gasteiger partial charge in [-0.05, 0) is 72.1 Å². The maximum absolute atomic E-state index is 12.3. The standard InChI is InChI=1S/C22H36N2O3.C16H22O4.C6H16N2/c1-7-24(8-2)15-14-23-20(25)12-13-21(26)27-22-18(16(3)4)10-9-11-19(22)17(5)6;1-10(2)12-6-5-7-13(11(3)4)16(12)20-15(19)9-8-14(17)18;1-3-8(4-2)6-5-7/h9-11,16-17H,7-8,12-15H2,1-6H3,(H,23,25);5-7,10-11H,8-9H2,1-4H3,(H,17,18);3-7H2,1-2H3. The van der Waals surface area contributed by atoms with Crippen LogP contribution in [0.4, 0.5) is 0 Å². The van der Waals surface area contributed by atoms with E-state index in [1.165, 1.54) is 0 Å². The van der Waals surface area contributed by atoms with Gasteiger partial charge in [-0.2, -0.15) is 0 Å². The average molecular weight is 771 g/mol. The van der Waals surface area contributed by atoms with E-state index in [1.54, 1.807) is 0 Å². The molecule has 0 aliphatic rings. The molecule has 4 N–H and O–H groups in total. The van der Waals surface area contributed by atoms with Crippen molar-refractivity contribution in [2.45, 2.75) is 132 Å². The SMILES string of the molecule is CC(C)c1cccc(C(C)C)c1OC(=O)CCC(=O)O.CCN(CC)CCN.CCN(CC)CCNC(=O)CCC(=O)Oc1c(C(C)C)cccc1C(C)C. The van der Waals surface area contributed by atoms with Gasteiger partial charge in [-0.1, -0.05) is 119 Å². The second kappa shape index (κ2) is 28.6. The first-order chi connectivity index (χ1) is 26.0. The molecule has 2 rings (SSSR count). The molecule has 0 spiro atoms. The predicted molar refractivity (Wildman–Crippen MR) is 224 cm³/mol. The van der Waals surface area contributed by atoms with Gasteiger partial charge in [0, 0.05) is 32.6 Å². The van der Waals surface area contributed by atoms with E-state index in [1.807, 2.05) is 64.1 Å². The van der Waals surface area contributed by atoms with Crippen molar-refractivity contribution in [2.24, 2.45) is 5.73 Å². The second-order valence-corrected chi connectivity index (χ2v) is 14.7. The Hall–Kier alpha value is -3.80. The van der Waals surface area contributed by atoms with E-state index in [0.717, 1.165) is 68.1 Å². The quantitative estimate of drug-likeness (QED) is 0.0840. The van der Waals surface area contributed by atoms with Crippen LogP contribution >= 0.6 is 0 Å². The number of likely N-dealkylation sites (N-methyl/N-ethyl adjacent to an activating group) is 2. The number of nitrogens with two attached hydrogens (primary N) is 1. The molecule has 11 heteroatoms. The molecule has 0 bridgehead atoms. The summed E-state index contributed by atoms with van der Waals surface area (Å²) in [5.41, 5.74) is 9.34. The van der Waals surface area contributed by atoms with Crippen LogP contribution in [-0.2, 0) is 19.2 Å². The fourth-order valence-electron chi connectivity index (χ4n) is 5.66. The van der Waals surface area contributed by atoms with Crippen LogP contribution in [0.3, 0.4) is 0 Å². The van der Waals surface area contributed by atoms with Crippen LogP contribution in [0, 0.1) is 0 Å². The van der Waals surface area contributed by atoms with Crippen molar-refractivity contribution in [1.82, 2.24) is 15.1 Å². The van der Waals surface area contributed by atoms with Crippen LogP contribution in [-0.4, -0.2) is 91.1 Å². The highest BCUT2D eigenvalue weighted by molar-refractivity contribution is 5.82. The topological polar surface area (TPSA) is 151 Å². The summed E-state index contributed by atoms with van der Waals surface area (Å²) in [6, 6.07) is 11.8. The monoisotopic (exact) mass is 771 g/mol. The molecular formula is C44H74N4O7. The summed E-state index contributed by atoms with van der Waals surface area (Å²) in [6.45, 7) is 32.4. The van der Waals surface area contributed by atoms with Crippen molar-refractivity contribution < 1.29 is 33.8 Å². The molecule has 0 aromatic heterocycles. The van der Waals surface area contributed by atoms with Gasteiger partial charge in [-0.15, -0.1) is 0 Å². The molecule has 2 aromatic carbocycles. The Kier molecular flexibility index (Phi) is 26.6. The van der Waals surface area contributed by atoms with Crippen LogP contribution in [0.1, 0.15) is 155 Å². The van der Waals surface area contributed by atoms with Gasteiger partial charge in [0.2, 0.25) is 5.91 Å². The fourth-order valence-corrected chi connectivity index (χ4v) is 5.66. The minimum absolute atomic E-state index is 0.0844. The maximum atomic E-state index is 12.3. The Morgan fingerprint density at radius 3 is 1.24 bits per heavy atom. The summed E-state index contributed by atoms with van der Waals surface area (Å²) in [4.78, 5) is 51.1. The van der Waals surface area contributed by atoms with Crippen molar-refractivity contribution in [1.29, 1.82) is 0 Å². The molecule has 0 radical (unpaired) electrons. The first kappa shape index (κ1) is 51.2. The Morgan fingerprint density at radius 1 is 0.600 bits per heavy atom. The first-order valence-corrected chi connectivity index (χ1v) is 20.3. The minimum atomic E-state index is -0.997. The molecule has 1 amide bonds. The van der Waals surface area contributed by atoms with E-state index < -0.39 is 11.9 Å². The summed E-state index contributed by atoms with van der Waals surface area (Å²) in [5, 5.41) is 11.5. The lowest BCUT2D eigenvalue weighted by molar-refractivity contribution is -0.142. The Bertz CT molecular complexity index is 1360. The van der Waals surface area contributed by atoms with Crippen LogP contribution < -0.4 is 20.5 Å². The molecular weight excluding hydrogens is 697 g/mol. The van der Waals surface area contributed by atoms with Crippen molar-refractivity contribution in [2.75, 3.05) is 52.4 Å². The Balaban J connectivity index is 0.000000910. The molecule has 0 saturated heterocycles. The molecule has 0 saturated carbocycles. The summed E-state index contributed by atoms with van der Waals surface area (Å²) in [7, 11) is 0. The van der Waals surface area contributed by atoms with Crippen LogP contribution in [0.15, 0.2) is 36.4 Å². The first-order valence-electron chi connectivity index (χ1n) is 20.3. The highest BCUT2D eigenvalue weighted by Crippen LogP contribution is 2.36. The van der Waals surface area contributed by atoms with Gasteiger partial charge < -0.3 is 35.4 Å². The number of nitrogens with one attached hydrogen (secondary N) is 1. The number of rotatable bonds is 21. The molecule has 0 aliphatic carbocycles. The van der Waals surface area contributed by atoms with Gasteiger partial charge in [0.05, 0.1) is 19.3 Å².